The molecule has 1 aromatic carbocycles. The normalized spacial score (nSPS) is 12.8. The third kappa shape index (κ3) is 3.35. The van der Waals surface area contributed by atoms with E-state index in [4.69, 9.17) is 5.26 Å². The summed E-state index contributed by atoms with van der Waals surface area (Å²) in [6.07, 6.45) is 0. The fourth-order valence-corrected chi connectivity index (χ4v) is 3.16. The maximum atomic E-state index is 12.4. The lowest BCUT2D eigenvalue weighted by atomic mass is 10.2. The molecule has 20 heavy (non-hydrogen) atoms. The first-order chi connectivity index (χ1) is 9.34. The minimum atomic E-state index is -3.79. The van der Waals surface area contributed by atoms with Crippen LogP contribution in [0.2, 0.25) is 0 Å². The van der Waals surface area contributed by atoms with Crippen LogP contribution in [0.25, 0.3) is 0 Å². The summed E-state index contributed by atoms with van der Waals surface area (Å²) in [7, 11) is -0.898. The van der Waals surface area contributed by atoms with Gasteiger partial charge in [-0.15, -0.1) is 0 Å². The van der Waals surface area contributed by atoms with Gasteiger partial charge in [-0.1, -0.05) is 19.1 Å². The van der Waals surface area contributed by atoms with Gasteiger partial charge in [0.2, 0.25) is 15.9 Å². The van der Waals surface area contributed by atoms with Crippen LogP contribution in [-0.2, 0) is 14.8 Å². The van der Waals surface area contributed by atoms with Crippen molar-refractivity contribution in [3.8, 4) is 6.07 Å². The molecule has 0 saturated heterocycles. The standard InChI is InChI=1S/C13H17N3O3S/c1-10(13(17)15-2)9-16(3)20(18,19)12-7-5-4-6-11(12)8-14/h4-7,10H,9H2,1-3H3,(H,15,17). The van der Waals surface area contributed by atoms with Crippen molar-refractivity contribution in [2.75, 3.05) is 20.6 Å². The van der Waals surface area contributed by atoms with Crippen LogP contribution in [0.15, 0.2) is 29.2 Å². The SMILES string of the molecule is CNC(=O)C(C)CN(C)S(=O)(=O)c1ccccc1C#N. The lowest BCUT2D eigenvalue weighted by Gasteiger charge is -2.20. The van der Waals surface area contributed by atoms with Gasteiger partial charge in [-0.3, -0.25) is 4.79 Å². The molecule has 6 nitrogen and oxygen atoms in total. The monoisotopic (exact) mass is 295 g/mol. The number of benzene rings is 1. The summed E-state index contributed by atoms with van der Waals surface area (Å²) in [6, 6.07) is 7.85. The van der Waals surface area contributed by atoms with Crippen molar-refractivity contribution < 1.29 is 13.2 Å². The minimum absolute atomic E-state index is 0.0434. The zero-order chi connectivity index (χ0) is 15.3. The highest BCUT2D eigenvalue weighted by molar-refractivity contribution is 7.89. The fraction of sp³-hybridized carbons (Fsp3) is 0.385. The van der Waals surface area contributed by atoms with Gasteiger partial charge in [-0.2, -0.15) is 5.26 Å². The summed E-state index contributed by atoms with van der Waals surface area (Å²) in [5, 5.41) is 11.4. The summed E-state index contributed by atoms with van der Waals surface area (Å²) in [5.74, 6) is -0.713. The Morgan fingerprint density at radius 2 is 2.05 bits per heavy atom. The van der Waals surface area contributed by atoms with Crippen LogP contribution in [0.4, 0.5) is 0 Å². The van der Waals surface area contributed by atoms with Crippen molar-refractivity contribution >= 4 is 15.9 Å². The molecule has 1 atom stereocenters. The van der Waals surface area contributed by atoms with Crippen molar-refractivity contribution in [2.24, 2.45) is 5.92 Å². The number of nitrogens with zero attached hydrogens (tertiary/aromatic N) is 2. The number of nitrogens with one attached hydrogen (secondary N) is 1. The zero-order valence-electron chi connectivity index (χ0n) is 11.6. The second-order valence-electron chi connectivity index (χ2n) is 4.41. The van der Waals surface area contributed by atoms with E-state index in [2.05, 4.69) is 5.32 Å². The van der Waals surface area contributed by atoms with Gasteiger partial charge in [-0.05, 0) is 12.1 Å². The van der Waals surface area contributed by atoms with Crippen LogP contribution in [-0.4, -0.2) is 39.3 Å². The van der Waals surface area contributed by atoms with Crippen molar-refractivity contribution in [3.05, 3.63) is 29.8 Å². The number of rotatable bonds is 5. The Bertz CT molecular complexity index is 635. The number of hydrogen-bond acceptors (Lipinski definition) is 4. The Morgan fingerprint density at radius 3 is 2.60 bits per heavy atom. The summed E-state index contributed by atoms with van der Waals surface area (Å²) >= 11 is 0. The Kier molecular flexibility index (Phi) is 5.25. The second kappa shape index (κ2) is 6.50. The largest absolute Gasteiger partial charge is 0.359 e. The number of carbonyl (C=O) groups excluding carboxylic acids is 1. The third-order valence-electron chi connectivity index (χ3n) is 2.92. The molecule has 0 aliphatic carbocycles. The van der Waals surface area contributed by atoms with Gasteiger partial charge in [0, 0.05) is 26.6 Å². The number of hydrogen-bond donors (Lipinski definition) is 1. The summed E-state index contributed by atoms with van der Waals surface area (Å²) < 4.78 is 25.9. The molecule has 1 rings (SSSR count). The first-order valence-electron chi connectivity index (χ1n) is 6.01. The molecule has 108 valence electrons. The molecule has 0 spiro atoms. The van der Waals surface area contributed by atoms with Gasteiger partial charge in [0.25, 0.3) is 0 Å². The molecule has 7 heteroatoms. The van der Waals surface area contributed by atoms with E-state index in [1.54, 1.807) is 19.1 Å². The molecule has 0 saturated carbocycles. The van der Waals surface area contributed by atoms with Gasteiger partial charge in [0.05, 0.1) is 10.5 Å². The van der Waals surface area contributed by atoms with Gasteiger partial charge in [-0.25, -0.2) is 12.7 Å². The lowest BCUT2D eigenvalue weighted by Crippen LogP contribution is -2.37. The average molecular weight is 295 g/mol. The first-order valence-corrected chi connectivity index (χ1v) is 7.45. The molecule has 0 aliphatic rings. The van der Waals surface area contributed by atoms with E-state index in [0.29, 0.717) is 0 Å². The molecule has 1 unspecified atom stereocenters. The predicted octanol–water partition coefficient (Wildman–Crippen LogP) is 0.561. The van der Waals surface area contributed by atoms with Crippen molar-refractivity contribution in [3.63, 3.8) is 0 Å². The Hall–Kier alpha value is -1.91. The highest BCUT2D eigenvalue weighted by Gasteiger charge is 2.26. The van der Waals surface area contributed by atoms with E-state index in [-0.39, 0.29) is 22.9 Å². The van der Waals surface area contributed by atoms with Crippen molar-refractivity contribution in [1.82, 2.24) is 9.62 Å². The quantitative estimate of drug-likeness (QED) is 0.859. The molecular formula is C13H17N3O3S. The predicted molar refractivity (Wildman–Crippen MR) is 74.2 cm³/mol. The number of sulfonamides is 1. The van der Waals surface area contributed by atoms with Gasteiger partial charge < -0.3 is 5.32 Å². The topological polar surface area (TPSA) is 90.3 Å². The van der Waals surface area contributed by atoms with E-state index in [1.807, 2.05) is 6.07 Å². The Labute approximate surface area is 119 Å². The molecular weight excluding hydrogens is 278 g/mol. The van der Waals surface area contributed by atoms with Crippen LogP contribution in [0.1, 0.15) is 12.5 Å². The third-order valence-corrected chi connectivity index (χ3v) is 4.80. The van der Waals surface area contributed by atoms with Crippen LogP contribution in [0.3, 0.4) is 0 Å². The second-order valence-corrected chi connectivity index (χ2v) is 6.42. The van der Waals surface area contributed by atoms with Crippen LogP contribution < -0.4 is 5.32 Å². The molecule has 0 bridgehead atoms. The molecule has 0 fully saturated rings. The minimum Gasteiger partial charge on any atom is -0.359 e. The van der Waals surface area contributed by atoms with Crippen LogP contribution >= 0.6 is 0 Å². The molecule has 1 N–H and O–H groups in total. The van der Waals surface area contributed by atoms with Crippen LogP contribution in [0, 0.1) is 17.2 Å². The number of nitriles is 1. The smallest absolute Gasteiger partial charge is 0.244 e. The lowest BCUT2D eigenvalue weighted by molar-refractivity contribution is -0.124. The highest BCUT2D eigenvalue weighted by atomic mass is 32.2. The number of carbonyl (C=O) groups is 1. The van der Waals surface area contributed by atoms with E-state index in [9.17, 15) is 13.2 Å². The van der Waals surface area contributed by atoms with Crippen LogP contribution in [0.5, 0.6) is 0 Å². The average Bonchev–Trinajstić information content (AvgIpc) is 2.45. The summed E-state index contributed by atoms with van der Waals surface area (Å²) in [4.78, 5) is 11.4. The maximum absolute atomic E-state index is 12.4. The fourth-order valence-electron chi connectivity index (χ4n) is 1.76. The van der Waals surface area contributed by atoms with Gasteiger partial charge >= 0.3 is 0 Å². The van der Waals surface area contributed by atoms with Gasteiger partial charge in [0.1, 0.15) is 6.07 Å². The Morgan fingerprint density at radius 1 is 1.45 bits per heavy atom. The first kappa shape index (κ1) is 16.1. The van der Waals surface area contributed by atoms with E-state index >= 15 is 0 Å². The molecule has 1 aromatic rings. The molecule has 0 radical (unpaired) electrons. The van der Waals surface area contributed by atoms with Crippen molar-refractivity contribution in [1.29, 1.82) is 5.26 Å². The molecule has 0 aliphatic heterocycles. The van der Waals surface area contributed by atoms with Crippen molar-refractivity contribution in [2.45, 2.75) is 11.8 Å². The zero-order valence-corrected chi connectivity index (χ0v) is 12.4. The summed E-state index contributed by atoms with van der Waals surface area (Å²) in [6.45, 7) is 1.68. The molecule has 0 aromatic heterocycles. The van der Waals surface area contributed by atoms with E-state index in [0.717, 1.165) is 4.31 Å². The maximum Gasteiger partial charge on any atom is 0.244 e. The number of amides is 1. The van der Waals surface area contributed by atoms with E-state index in [1.165, 1.54) is 26.2 Å². The highest BCUT2D eigenvalue weighted by Crippen LogP contribution is 2.19. The molecule has 0 heterocycles. The van der Waals surface area contributed by atoms with Gasteiger partial charge in [0.15, 0.2) is 0 Å². The molecule has 1 amide bonds. The van der Waals surface area contributed by atoms with E-state index < -0.39 is 15.9 Å². The Balaban J connectivity index is 3.05. The summed E-state index contributed by atoms with van der Waals surface area (Å²) in [5.41, 5.74) is 0.0898.